The smallest absolute Gasteiger partial charge is 0.306 e. The maximum atomic E-state index is 13.1. The average Bonchev–Trinajstić information content (AvgIpc) is 3.01. The summed E-state index contributed by atoms with van der Waals surface area (Å²) < 4.78 is 11.5. The number of benzene rings is 1. The van der Waals surface area contributed by atoms with Crippen LogP contribution in [0.25, 0.3) is 0 Å². The van der Waals surface area contributed by atoms with Crippen LogP contribution in [0, 0.1) is 50.2 Å². The number of ether oxygens (including phenoxy) is 2. The summed E-state index contributed by atoms with van der Waals surface area (Å²) in [4.78, 5) is 38.5. The van der Waals surface area contributed by atoms with Gasteiger partial charge >= 0.3 is 11.9 Å². The fourth-order valence-corrected chi connectivity index (χ4v) is 11.7. The molecule has 5 aliphatic carbocycles. The van der Waals surface area contributed by atoms with Crippen molar-refractivity contribution in [1.82, 2.24) is 0 Å². The van der Waals surface area contributed by atoms with Crippen LogP contribution in [-0.4, -0.2) is 24.3 Å². The van der Waals surface area contributed by atoms with E-state index in [1.165, 1.54) is 6.42 Å². The van der Waals surface area contributed by atoms with Gasteiger partial charge in [0.25, 0.3) is 0 Å². The Kier molecular flexibility index (Phi) is 8.45. The van der Waals surface area contributed by atoms with Gasteiger partial charge < -0.3 is 9.47 Å². The second-order valence-corrected chi connectivity index (χ2v) is 18.0. The lowest BCUT2D eigenvalue weighted by molar-refractivity contribution is -0.188. The van der Waals surface area contributed by atoms with Crippen molar-refractivity contribution in [2.45, 2.75) is 132 Å². The largest absolute Gasteiger partial charge is 0.465 e. The number of hydrogen-bond donors (Lipinski definition) is 0. The zero-order chi connectivity index (χ0) is 33.2. The van der Waals surface area contributed by atoms with Crippen LogP contribution in [0.5, 0.6) is 0 Å². The fourth-order valence-electron chi connectivity index (χ4n) is 11.7. The third-order valence-corrected chi connectivity index (χ3v) is 14.9. The van der Waals surface area contributed by atoms with Crippen LogP contribution >= 0.6 is 0 Å². The molecule has 0 spiro atoms. The van der Waals surface area contributed by atoms with Crippen molar-refractivity contribution < 1.29 is 23.9 Å². The summed E-state index contributed by atoms with van der Waals surface area (Å²) in [7, 11) is 0. The van der Waals surface area contributed by atoms with Crippen molar-refractivity contribution in [3.8, 4) is 0 Å². The Morgan fingerprint density at radius 2 is 1.48 bits per heavy atom. The first-order valence-corrected chi connectivity index (χ1v) is 18.2. The summed E-state index contributed by atoms with van der Waals surface area (Å²) in [5.41, 5.74) is 2.99. The zero-order valence-electron chi connectivity index (χ0n) is 29.6. The maximum absolute atomic E-state index is 13.1. The molecular formula is C41H58O5. The first-order chi connectivity index (χ1) is 21.6. The molecule has 4 saturated carbocycles. The average molecular weight is 631 g/mol. The Balaban J connectivity index is 1.18. The number of hydrogen-bond acceptors (Lipinski definition) is 5. The minimum absolute atomic E-state index is 0.0419. The lowest BCUT2D eigenvalue weighted by Gasteiger charge is -2.70. The minimum atomic E-state index is -0.367. The number of carbonyl (C=O) groups is 3. The van der Waals surface area contributed by atoms with Crippen molar-refractivity contribution in [2.24, 2.45) is 50.2 Å². The first kappa shape index (κ1) is 33.5. The van der Waals surface area contributed by atoms with Crippen molar-refractivity contribution in [2.75, 3.05) is 6.61 Å². The van der Waals surface area contributed by atoms with Gasteiger partial charge in [-0.05, 0) is 103 Å². The molecule has 1 aromatic carbocycles. The van der Waals surface area contributed by atoms with Crippen molar-refractivity contribution in [3.05, 3.63) is 47.5 Å². The summed E-state index contributed by atoms with van der Waals surface area (Å²) in [5.74, 6) is 1.21. The fraction of sp³-hybridized carbons (Fsp3) is 0.732. The van der Waals surface area contributed by atoms with Crippen LogP contribution in [-0.2, 0) is 30.5 Å². The molecule has 1 aromatic rings. The highest BCUT2D eigenvalue weighted by molar-refractivity contribution is 5.85. The van der Waals surface area contributed by atoms with Crippen LogP contribution in [0.2, 0.25) is 0 Å². The third-order valence-electron chi connectivity index (χ3n) is 14.9. The molecule has 0 aliphatic heterocycles. The number of carbonyl (C=O) groups excluding carboxylic acids is 3. The van der Waals surface area contributed by atoms with E-state index >= 15 is 0 Å². The van der Waals surface area contributed by atoms with Gasteiger partial charge in [0.1, 0.15) is 12.4 Å². The Bertz CT molecular complexity index is 1390. The quantitative estimate of drug-likeness (QED) is 0.222. The highest BCUT2D eigenvalue weighted by Gasteiger charge is 2.68. The summed E-state index contributed by atoms with van der Waals surface area (Å²) in [5, 5.41) is 0. The predicted molar refractivity (Wildman–Crippen MR) is 180 cm³/mol. The van der Waals surface area contributed by atoms with Crippen LogP contribution in [0.3, 0.4) is 0 Å². The molecule has 7 atom stereocenters. The van der Waals surface area contributed by atoms with Gasteiger partial charge in [0.05, 0.1) is 19.4 Å². The number of allylic oxidation sites excluding steroid dienone is 2. The maximum Gasteiger partial charge on any atom is 0.306 e. The third kappa shape index (κ3) is 5.40. The first-order valence-electron chi connectivity index (χ1n) is 18.2. The second-order valence-electron chi connectivity index (χ2n) is 18.0. The Morgan fingerprint density at radius 1 is 0.804 bits per heavy atom. The molecule has 46 heavy (non-hydrogen) atoms. The van der Waals surface area contributed by atoms with E-state index in [9.17, 15) is 14.4 Å². The predicted octanol–water partition coefficient (Wildman–Crippen LogP) is 9.42. The molecule has 0 radical (unpaired) electrons. The van der Waals surface area contributed by atoms with E-state index in [0.717, 1.165) is 63.4 Å². The van der Waals surface area contributed by atoms with E-state index in [0.29, 0.717) is 30.1 Å². The van der Waals surface area contributed by atoms with Gasteiger partial charge in [-0.2, -0.15) is 0 Å². The molecule has 0 bridgehead atoms. The van der Waals surface area contributed by atoms with Gasteiger partial charge in [0.2, 0.25) is 0 Å². The van der Waals surface area contributed by atoms with Gasteiger partial charge in [0.15, 0.2) is 0 Å². The summed E-state index contributed by atoms with van der Waals surface area (Å²) in [6.45, 7) is 17.6. The van der Waals surface area contributed by atoms with E-state index < -0.39 is 0 Å². The lowest BCUT2D eigenvalue weighted by Crippen LogP contribution is -2.64. The van der Waals surface area contributed by atoms with Gasteiger partial charge in [-0.1, -0.05) is 90.4 Å². The summed E-state index contributed by atoms with van der Waals surface area (Å²) in [6, 6.07) is 9.61. The molecule has 0 heterocycles. The number of rotatable bonds is 7. The molecule has 0 unspecified atom stereocenters. The number of fused-ring (bicyclic) bond motifs is 7. The molecule has 4 fully saturated rings. The molecule has 0 amide bonds. The Morgan fingerprint density at radius 3 is 2.20 bits per heavy atom. The zero-order valence-corrected chi connectivity index (χ0v) is 29.6. The topological polar surface area (TPSA) is 69.7 Å². The molecule has 5 nitrogen and oxygen atoms in total. The van der Waals surface area contributed by atoms with Gasteiger partial charge in [-0.15, -0.1) is 0 Å². The highest BCUT2D eigenvalue weighted by Crippen LogP contribution is 2.75. The van der Waals surface area contributed by atoms with E-state index in [1.54, 1.807) is 5.57 Å². The monoisotopic (exact) mass is 630 g/mol. The van der Waals surface area contributed by atoms with E-state index in [-0.39, 0.29) is 63.9 Å². The molecule has 0 saturated heterocycles. The Hall–Kier alpha value is -2.43. The molecule has 0 N–H and O–H groups in total. The van der Waals surface area contributed by atoms with E-state index in [4.69, 9.17) is 9.47 Å². The van der Waals surface area contributed by atoms with Crippen LogP contribution in [0.15, 0.2) is 42.0 Å². The van der Waals surface area contributed by atoms with Crippen molar-refractivity contribution in [1.29, 1.82) is 0 Å². The molecule has 252 valence electrons. The van der Waals surface area contributed by atoms with E-state index in [1.807, 2.05) is 30.3 Å². The van der Waals surface area contributed by atoms with Crippen LogP contribution < -0.4 is 0 Å². The molecular weight excluding hydrogens is 572 g/mol. The van der Waals surface area contributed by atoms with Gasteiger partial charge in [-0.3, -0.25) is 14.4 Å². The molecule has 0 aromatic heterocycles. The number of ketones is 1. The molecule has 5 aliphatic rings. The standard InChI is InChI=1S/C41H58O5/c1-36(2)21-23-41(27-46-35(44)16-15-34(43)45-26-28-11-9-8-10-12-28)24-22-39(6)29(30(41)25-36)13-14-32-38(5)19-18-33(42)37(3,4)31(38)17-20-40(32,39)7/h8-13,30-32H,14-27H2,1-7H3/t30-,31-,32+,38-,39+,40+,41+/m0/s1. The van der Waals surface area contributed by atoms with E-state index in [2.05, 4.69) is 54.5 Å². The van der Waals surface area contributed by atoms with Gasteiger partial charge in [0, 0.05) is 17.3 Å². The van der Waals surface area contributed by atoms with Gasteiger partial charge in [-0.25, -0.2) is 0 Å². The lowest BCUT2D eigenvalue weighted by atomic mass is 9.33. The minimum Gasteiger partial charge on any atom is -0.465 e. The SMILES string of the molecule is CC1(C)CC[C@]2(COC(=O)CCC(=O)OCc3ccccc3)CC[C@]3(C)C(=CC[C@@H]4[C@@]5(C)CCC(=O)C(C)(C)[C@@H]5CC[C@]43C)[C@@H]2C1. The normalized spacial score (nSPS) is 39.1. The molecule has 6 rings (SSSR count). The number of esters is 2. The van der Waals surface area contributed by atoms with Crippen molar-refractivity contribution >= 4 is 17.7 Å². The summed E-state index contributed by atoms with van der Waals surface area (Å²) in [6.07, 6.45) is 13.4. The summed E-state index contributed by atoms with van der Waals surface area (Å²) >= 11 is 0. The number of Topliss-reactive ketones (excluding diaryl/α,β-unsaturated/α-hetero) is 1. The second kappa shape index (κ2) is 11.6. The Labute approximate surface area is 277 Å². The van der Waals surface area contributed by atoms with Crippen LogP contribution in [0.4, 0.5) is 0 Å². The van der Waals surface area contributed by atoms with Crippen molar-refractivity contribution in [3.63, 3.8) is 0 Å². The molecule has 5 heteroatoms. The van der Waals surface area contributed by atoms with Crippen LogP contribution in [0.1, 0.15) is 131 Å². The highest BCUT2D eigenvalue weighted by atomic mass is 16.5.